The van der Waals surface area contributed by atoms with Crippen LogP contribution in [0.5, 0.6) is 0 Å². The number of benzene rings is 3. The van der Waals surface area contributed by atoms with E-state index >= 15 is 0 Å². The highest BCUT2D eigenvalue weighted by Crippen LogP contribution is 2.17. The Morgan fingerprint density at radius 3 is 2.43 bits per heavy atom. The summed E-state index contributed by atoms with van der Waals surface area (Å²) < 4.78 is 5.00. The molecule has 0 atom stereocenters. The lowest BCUT2D eigenvalue weighted by molar-refractivity contribution is -0.143. The molecule has 3 aromatic rings. The van der Waals surface area contributed by atoms with Gasteiger partial charge in [0.15, 0.2) is 12.4 Å². The van der Waals surface area contributed by atoms with Gasteiger partial charge in [0.2, 0.25) is 5.91 Å². The van der Waals surface area contributed by atoms with E-state index in [0.29, 0.717) is 16.3 Å². The molecule has 0 saturated heterocycles. The SMILES string of the molecule is O=C(CCC(=O)OCC(=O)c1ccc2ccccc2c1)Nc1cccc(Cl)c1. The van der Waals surface area contributed by atoms with Gasteiger partial charge in [-0.05, 0) is 35.0 Å². The van der Waals surface area contributed by atoms with Crippen molar-refractivity contribution in [3.63, 3.8) is 0 Å². The molecule has 3 rings (SSSR count). The van der Waals surface area contributed by atoms with Gasteiger partial charge in [-0.2, -0.15) is 0 Å². The van der Waals surface area contributed by atoms with E-state index in [4.69, 9.17) is 16.3 Å². The third kappa shape index (κ3) is 5.41. The summed E-state index contributed by atoms with van der Waals surface area (Å²) in [5, 5.41) is 5.12. The standard InChI is InChI=1S/C22H18ClNO4/c23-18-6-3-7-19(13-18)24-21(26)10-11-22(27)28-14-20(25)17-9-8-15-4-1-2-5-16(15)12-17/h1-9,12-13H,10-11,14H2,(H,24,26). The molecular formula is C22H18ClNO4. The van der Waals surface area contributed by atoms with Crippen molar-refractivity contribution < 1.29 is 19.1 Å². The monoisotopic (exact) mass is 395 g/mol. The van der Waals surface area contributed by atoms with E-state index in [0.717, 1.165) is 10.8 Å². The maximum absolute atomic E-state index is 12.2. The molecule has 28 heavy (non-hydrogen) atoms. The van der Waals surface area contributed by atoms with Gasteiger partial charge < -0.3 is 10.1 Å². The number of rotatable bonds is 7. The van der Waals surface area contributed by atoms with Crippen LogP contribution in [0.4, 0.5) is 5.69 Å². The normalized spacial score (nSPS) is 10.5. The van der Waals surface area contributed by atoms with Crippen LogP contribution in [0.3, 0.4) is 0 Å². The zero-order chi connectivity index (χ0) is 19.9. The molecule has 5 nitrogen and oxygen atoms in total. The van der Waals surface area contributed by atoms with Crippen LogP contribution in [-0.4, -0.2) is 24.3 Å². The van der Waals surface area contributed by atoms with Crippen molar-refractivity contribution in [3.8, 4) is 0 Å². The van der Waals surface area contributed by atoms with E-state index < -0.39 is 5.97 Å². The molecule has 0 aliphatic carbocycles. The van der Waals surface area contributed by atoms with Crippen LogP contribution in [0.2, 0.25) is 5.02 Å². The average molecular weight is 396 g/mol. The fourth-order valence-electron chi connectivity index (χ4n) is 2.67. The van der Waals surface area contributed by atoms with Gasteiger partial charge in [0.1, 0.15) is 0 Å². The van der Waals surface area contributed by atoms with Crippen molar-refractivity contribution in [1.29, 1.82) is 0 Å². The summed E-state index contributed by atoms with van der Waals surface area (Å²) in [6, 6.07) is 19.7. The summed E-state index contributed by atoms with van der Waals surface area (Å²) in [5.41, 5.74) is 1.03. The first-order valence-electron chi connectivity index (χ1n) is 8.74. The predicted molar refractivity (Wildman–Crippen MR) is 109 cm³/mol. The van der Waals surface area contributed by atoms with E-state index in [1.54, 1.807) is 36.4 Å². The van der Waals surface area contributed by atoms with Gasteiger partial charge >= 0.3 is 5.97 Å². The number of hydrogen-bond donors (Lipinski definition) is 1. The number of amides is 1. The molecule has 0 spiro atoms. The Morgan fingerprint density at radius 1 is 0.857 bits per heavy atom. The number of hydrogen-bond acceptors (Lipinski definition) is 4. The minimum absolute atomic E-state index is 0.0461. The average Bonchev–Trinajstić information content (AvgIpc) is 2.70. The fraction of sp³-hybridized carbons (Fsp3) is 0.136. The maximum atomic E-state index is 12.2. The van der Waals surface area contributed by atoms with Crippen LogP contribution in [0.1, 0.15) is 23.2 Å². The molecule has 142 valence electrons. The lowest BCUT2D eigenvalue weighted by Crippen LogP contribution is -2.17. The molecule has 1 N–H and O–H groups in total. The largest absolute Gasteiger partial charge is 0.457 e. The summed E-state index contributed by atoms with van der Waals surface area (Å²) in [7, 11) is 0. The first kappa shape index (κ1) is 19.6. The summed E-state index contributed by atoms with van der Waals surface area (Å²) in [4.78, 5) is 35.9. The van der Waals surface area contributed by atoms with Gasteiger partial charge in [0.05, 0.1) is 6.42 Å². The number of ether oxygens (including phenoxy) is 1. The van der Waals surface area contributed by atoms with E-state index in [1.807, 2.05) is 30.3 Å². The van der Waals surface area contributed by atoms with Crippen molar-refractivity contribution in [2.24, 2.45) is 0 Å². The van der Waals surface area contributed by atoms with Crippen molar-refractivity contribution in [1.82, 2.24) is 0 Å². The van der Waals surface area contributed by atoms with Crippen LogP contribution in [-0.2, 0) is 14.3 Å². The second kappa shape index (κ2) is 9.15. The minimum Gasteiger partial charge on any atom is -0.457 e. The van der Waals surface area contributed by atoms with Crippen molar-refractivity contribution in [2.75, 3.05) is 11.9 Å². The summed E-state index contributed by atoms with van der Waals surface area (Å²) in [6.45, 7) is -0.354. The van der Waals surface area contributed by atoms with Gasteiger partial charge in [-0.15, -0.1) is 0 Å². The summed E-state index contributed by atoms with van der Waals surface area (Å²) in [5.74, 6) is -1.22. The van der Waals surface area contributed by atoms with Gasteiger partial charge in [-0.1, -0.05) is 54.1 Å². The number of esters is 1. The zero-order valence-corrected chi connectivity index (χ0v) is 15.7. The quantitative estimate of drug-likeness (QED) is 0.467. The Hall–Kier alpha value is -3.18. The highest BCUT2D eigenvalue weighted by atomic mass is 35.5. The Kier molecular flexibility index (Phi) is 6.40. The second-order valence-corrected chi connectivity index (χ2v) is 6.64. The molecule has 0 aromatic heterocycles. The Balaban J connectivity index is 1.45. The van der Waals surface area contributed by atoms with Crippen LogP contribution < -0.4 is 5.32 Å². The van der Waals surface area contributed by atoms with E-state index in [-0.39, 0.29) is 31.1 Å². The van der Waals surface area contributed by atoms with E-state index in [1.165, 1.54) is 0 Å². The number of ketones is 1. The first-order chi connectivity index (χ1) is 13.5. The number of carbonyl (C=O) groups is 3. The first-order valence-corrected chi connectivity index (χ1v) is 9.12. The highest BCUT2D eigenvalue weighted by Gasteiger charge is 2.12. The van der Waals surface area contributed by atoms with E-state index in [9.17, 15) is 14.4 Å². The van der Waals surface area contributed by atoms with Crippen molar-refractivity contribution >= 4 is 45.7 Å². The molecule has 1 amide bonds. The highest BCUT2D eigenvalue weighted by molar-refractivity contribution is 6.30. The lowest BCUT2D eigenvalue weighted by Gasteiger charge is -2.07. The Morgan fingerprint density at radius 2 is 1.64 bits per heavy atom. The number of Topliss-reactive ketones (excluding diaryl/α,β-unsaturated/α-hetero) is 1. The van der Waals surface area contributed by atoms with E-state index in [2.05, 4.69) is 5.32 Å². The molecular weight excluding hydrogens is 378 g/mol. The molecule has 0 bridgehead atoms. The molecule has 0 unspecified atom stereocenters. The molecule has 0 aliphatic heterocycles. The van der Waals surface area contributed by atoms with Crippen LogP contribution >= 0.6 is 11.6 Å². The number of nitrogens with one attached hydrogen (secondary N) is 1. The van der Waals surface area contributed by atoms with Crippen LogP contribution in [0.15, 0.2) is 66.7 Å². The molecule has 0 radical (unpaired) electrons. The topological polar surface area (TPSA) is 72.5 Å². The van der Waals surface area contributed by atoms with Gasteiger partial charge in [-0.25, -0.2) is 0 Å². The Labute approximate surface area is 167 Å². The molecule has 0 saturated carbocycles. The molecule has 0 fully saturated rings. The smallest absolute Gasteiger partial charge is 0.306 e. The number of carbonyl (C=O) groups excluding carboxylic acids is 3. The summed E-state index contributed by atoms with van der Waals surface area (Å²) in [6.07, 6.45) is -0.160. The predicted octanol–water partition coefficient (Wildman–Crippen LogP) is 4.64. The maximum Gasteiger partial charge on any atom is 0.306 e. The molecule has 0 aliphatic rings. The number of halogens is 1. The molecule has 3 aromatic carbocycles. The van der Waals surface area contributed by atoms with Gasteiger partial charge in [0.25, 0.3) is 0 Å². The molecule has 6 heteroatoms. The molecule has 0 heterocycles. The fourth-order valence-corrected chi connectivity index (χ4v) is 2.86. The van der Waals surface area contributed by atoms with Gasteiger partial charge in [0, 0.05) is 22.7 Å². The second-order valence-electron chi connectivity index (χ2n) is 6.20. The Bertz CT molecular complexity index is 1030. The van der Waals surface area contributed by atoms with Crippen molar-refractivity contribution in [3.05, 3.63) is 77.3 Å². The van der Waals surface area contributed by atoms with Gasteiger partial charge in [-0.3, -0.25) is 14.4 Å². The third-order valence-electron chi connectivity index (χ3n) is 4.10. The minimum atomic E-state index is -0.601. The van der Waals surface area contributed by atoms with Crippen LogP contribution in [0, 0.1) is 0 Å². The summed E-state index contributed by atoms with van der Waals surface area (Å²) >= 11 is 5.85. The zero-order valence-electron chi connectivity index (χ0n) is 15.0. The number of anilines is 1. The third-order valence-corrected chi connectivity index (χ3v) is 4.34. The number of fused-ring (bicyclic) bond motifs is 1. The van der Waals surface area contributed by atoms with Crippen molar-refractivity contribution in [2.45, 2.75) is 12.8 Å². The van der Waals surface area contributed by atoms with Crippen LogP contribution in [0.25, 0.3) is 10.8 Å². The lowest BCUT2D eigenvalue weighted by atomic mass is 10.0.